The number of aryl methyl sites for hydroxylation is 1. The molecule has 1 aromatic carbocycles. The highest BCUT2D eigenvalue weighted by molar-refractivity contribution is 7.89. The lowest BCUT2D eigenvalue weighted by molar-refractivity contribution is 0.384. The summed E-state index contributed by atoms with van der Waals surface area (Å²) >= 11 is 0. The van der Waals surface area contributed by atoms with E-state index in [1.807, 2.05) is 11.0 Å². The van der Waals surface area contributed by atoms with Gasteiger partial charge in [-0.2, -0.15) is 9.57 Å². The second-order valence-electron chi connectivity index (χ2n) is 6.46. The second-order valence-corrected chi connectivity index (χ2v) is 8.40. The Morgan fingerprint density at radius 3 is 2.54 bits per heavy atom. The summed E-state index contributed by atoms with van der Waals surface area (Å²) in [6, 6.07) is 9.92. The van der Waals surface area contributed by atoms with Crippen LogP contribution in [0.1, 0.15) is 5.56 Å². The lowest BCUT2D eigenvalue weighted by atomic mass is 10.3. The van der Waals surface area contributed by atoms with Crippen molar-refractivity contribution in [3.63, 3.8) is 0 Å². The molecule has 1 saturated heterocycles. The molecular formula is C18H17N5O4S. The number of nitrogens with zero attached hydrogens (tertiary/aromatic N) is 5. The summed E-state index contributed by atoms with van der Waals surface area (Å²) < 4.78 is 33.8. The molecule has 1 fully saturated rings. The Labute approximate surface area is 161 Å². The molecule has 3 aromatic rings. The molecule has 144 valence electrons. The molecule has 3 heterocycles. The molecule has 0 atom stereocenters. The molecule has 0 N–H and O–H groups in total. The third-order valence-corrected chi connectivity index (χ3v) is 6.74. The van der Waals surface area contributed by atoms with E-state index in [1.54, 1.807) is 25.2 Å². The van der Waals surface area contributed by atoms with E-state index in [2.05, 4.69) is 4.98 Å². The molecule has 1 aliphatic heterocycles. The van der Waals surface area contributed by atoms with Gasteiger partial charge in [-0.1, -0.05) is 0 Å². The Morgan fingerprint density at radius 1 is 1.14 bits per heavy atom. The first-order valence-electron chi connectivity index (χ1n) is 8.61. The molecule has 28 heavy (non-hydrogen) atoms. The number of oxazole rings is 1. The number of piperazine rings is 1. The van der Waals surface area contributed by atoms with Crippen molar-refractivity contribution in [2.24, 2.45) is 7.05 Å². The van der Waals surface area contributed by atoms with Crippen LogP contribution in [0.3, 0.4) is 0 Å². The molecule has 0 bridgehead atoms. The van der Waals surface area contributed by atoms with Gasteiger partial charge in [0.2, 0.25) is 10.0 Å². The molecule has 9 nitrogen and oxygen atoms in total. The van der Waals surface area contributed by atoms with E-state index < -0.39 is 15.8 Å². The summed E-state index contributed by atoms with van der Waals surface area (Å²) in [6.07, 6.45) is 1.50. The van der Waals surface area contributed by atoms with Crippen molar-refractivity contribution in [2.75, 3.05) is 31.1 Å². The monoisotopic (exact) mass is 399 g/mol. The molecule has 1 aliphatic rings. The zero-order chi connectivity index (χ0) is 19.9. The SMILES string of the molecule is Cn1c(=O)oc2cc(S(=O)(=O)N3CCN(c4ccc(C#N)cn4)CC3)ccc21. The Hall–Kier alpha value is -3.16. The van der Waals surface area contributed by atoms with Crippen molar-refractivity contribution in [3.8, 4) is 6.07 Å². The number of hydrogen-bond acceptors (Lipinski definition) is 7. The lowest BCUT2D eigenvalue weighted by Gasteiger charge is -2.34. The van der Waals surface area contributed by atoms with Gasteiger partial charge in [-0.3, -0.25) is 4.57 Å². The quantitative estimate of drug-likeness (QED) is 0.643. The van der Waals surface area contributed by atoms with Crippen LogP contribution in [-0.2, 0) is 17.1 Å². The van der Waals surface area contributed by atoms with E-state index >= 15 is 0 Å². The second kappa shape index (κ2) is 6.78. The van der Waals surface area contributed by atoms with Gasteiger partial charge in [0.25, 0.3) is 0 Å². The molecule has 0 aliphatic carbocycles. The van der Waals surface area contributed by atoms with Crippen molar-refractivity contribution >= 4 is 26.9 Å². The van der Waals surface area contributed by atoms with Gasteiger partial charge in [-0.25, -0.2) is 18.2 Å². The largest absolute Gasteiger partial charge is 0.419 e. The number of hydrogen-bond donors (Lipinski definition) is 0. The Bertz CT molecular complexity index is 1230. The summed E-state index contributed by atoms with van der Waals surface area (Å²) in [4.78, 5) is 17.9. The van der Waals surface area contributed by atoms with Gasteiger partial charge in [0.05, 0.1) is 16.0 Å². The summed E-state index contributed by atoms with van der Waals surface area (Å²) in [5, 5.41) is 8.85. The predicted molar refractivity (Wildman–Crippen MR) is 101 cm³/mol. The van der Waals surface area contributed by atoms with Crippen molar-refractivity contribution in [2.45, 2.75) is 4.90 Å². The number of benzene rings is 1. The number of anilines is 1. The lowest BCUT2D eigenvalue weighted by Crippen LogP contribution is -2.48. The third kappa shape index (κ3) is 3.04. The first kappa shape index (κ1) is 18.2. The van der Waals surface area contributed by atoms with Crippen LogP contribution in [0.15, 0.2) is 50.6 Å². The first-order valence-corrected chi connectivity index (χ1v) is 10.0. The third-order valence-electron chi connectivity index (χ3n) is 4.84. The Balaban J connectivity index is 1.53. The maximum absolute atomic E-state index is 13.0. The number of aromatic nitrogens is 2. The zero-order valence-corrected chi connectivity index (χ0v) is 15.9. The fourth-order valence-corrected chi connectivity index (χ4v) is 4.66. The van der Waals surface area contributed by atoms with Crippen molar-refractivity contribution in [1.82, 2.24) is 13.9 Å². The Morgan fingerprint density at radius 2 is 1.89 bits per heavy atom. The number of rotatable bonds is 3. The number of fused-ring (bicyclic) bond motifs is 1. The predicted octanol–water partition coefficient (Wildman–Crippen LogP) is 0.909. The van der Waals surface area contributed by atoms with E-state index in [1.165, 1.54) is 27.2 Å². The molecular weight excluding hydrogens is 382 g/mol. The average molecular weight is 399 g/mol. The minimum Gasteiger partial charge on any atom is -0.408 e. The smallest absolute Gasteiger partial charge is 0.408 e. The van der Waals surface area contributed by atoms with Crippen LogP contribution in [-0.4, -0.2) is 48.5 Å². The van der Waals surface area contributed by atoms with E-state index in [0.717, 1.165) is 0 Å². The fourth-order valence-electron chi connectivity index (χ4n) is 3.22. The maximum Gasteiger partial charge on any atom is 0.419 e. The van der Waals surface area contributed by atoms with Gasteiger partial charge in [0.15, 0.2) is 5.58 Å². The summed E-state index contributed by atoms with van der Waals surface area (Å²) in [6.45, 7) is 1.59. The van der Waals surface area contributed by atoms with Crippen LogP contribution in [0.5, 0.6) is 0 Å². The topological polar surface area (TPSA) is 112 Å². The van der Waals surface area contributed by atoms with E-state index in [9.17, 15) is 13.2 Å². The van der Waals surface area contributed by atoms with Gasteiger partial charge in [0.1, 0.15) is 11.9 Å². The molecule has 0 saturated carbocycles. The van der Waals surface area contributed by atoms with Crippen molar-refractivity contribution in [1.29, 1.82) is 5.26 Å². The highest BCUT2D eigenvalue weighted by Crippen LogP contribution is 2.23. The minimum atomic E-state index is -3.70. The van der Waals surface area contributed by atoms with E-state index in [0.29, 0.717) is 43.1 Å². The van der Waals surface area contributed by atoms with Crippen LogP contribution < -0.4 is 10.7 Å². The molecule has 2 aromatic heterocycles. The van der Waals surface area contributed by atoms with Gasteiger partial charge in [-0.15, -0.1) is 0 Å². The van der Waals surface area contributed by atoms with E-state index in [-0.39, 0.29) is 10.5 Å². The van der Waals surface area contributed by atoms with Crippen LogP contribution in [0, 0.1) is 11.3 Å². The molecule has 0 radical (unpaired) electrons. The van der Waals surface area contributed by atoms with E-state index in [4.69, 9.17) is 9.68 Å². The van der Waals surface area contributed by atoms with Gasteiger partial charge >= 0.3 is 5.76 Å². The molecule has 4 rings (SSSR count). The van der Waals surface area contributed by atoms with Gasteiger partial charge < -0.3 is 9.32 Å². The fraction of sp³-hybridized carbons (Fsp3) is 0.278. The van der Waals surface area contributed by atoms with Gasteiger partial charge in [-0.05, 0) is 24.3 Å². The number of sulfonamides is 1. The minimum absolute atomic E-state index is 0.0966. The molecule has 0 amide bonds. The van der Waals surface area contributed by atoms with Crippen molar-refractivity contribution < 1.29 is 12.8 Å². The molecule has 0 unspecified atom stereocenters. The number of nitriles is 1. The average Bonchev–Trinajstić information content (AvgIpc) is 3.01. The maximum atomic E-state index is 13.0. The summed E-state index contributed by atoms with van der Waals surface area (Å²) in [5.74, 6) is 0.177. The molecule has 0 spiro atoms. The summed E-state index contributed by atoms with van der Waals surface area (Å²) in [7, 11) is -2.13. The normalized spacial score (nSPS) is 15.6. The van der Waals surface area contributed by atoms with Crippen molar-refractivity contribution in [3.05, 3.63) is 52.6 Å². The van der Waals surface area contributed by atoms with Gasteiger partial charge in [0, 0.05) is 45.5 Å². The highest BCUT2D eigenvalue weighted by Gasteiger charge is 2.29. The standard InChI is InChI=1S/C18H17N5O4S/c1-21-15-4-3-14(10-16(15)27-18(21)24)28(25,26)23-8-6-22(7-9-23)17-5-2-13(11-19)12-20-17/h2-5,10,12H,6-9H2,1H3. The van der Waals surface area contributed by atoms with Crippen LogP contribution in [0.25, 0.3) is 11.1 Å². The number of pyridine rings is 1. The van der Waals surface area contributed by atoms with Crippen LogP contribution >= 0.6 is 0 Å². The zero-order valence-electron chi connectivity index (χ0n) is 15.1. The first-order chi connectivity index (χ1) is 13.4. The Kier molecular flexibility index (Phi) is 4.41. The highest BCUT2D eigenvalue weighted by atomic mass is 32.2. The van der Waals surface area contributed by atoms with Crippen LogP contribution in [0.2, 0.25) is 0 Å². The van der Waals surface area contributed by atoms with Crippen LogP contribution in [0.4, 0.5) is 5.82 Å². The molecule has 10 heteroatoms. The summed E-state index contributed by atoms with van der Waals surface area (Å²) in [5.41, 5.74) is 1.27.